The molecule has 0 saturated heterocycles. The van der Waals surface area contributed by atoms with Gasteiger partial charge in [-0.1, -0.05) is 24.3 Å². The molecule has 1 heterocycles. The number of aryl methyl sites for hydroxylation is 2. The molecule has 2 aromatic rings. The number of aromatic amines is 1. The molecule has 0 bridgehead atoms. The lowest BCUT2D eigenvalue weighted by atomic mass is 10.0. The van der Waals surface area contributed by atoms with Crippen molar-refractivity contribution in [2.24, 2.45) is 0 Å². The van der Waals surface area contributed by atoms with Crippen molar-refractivity contribution < 1.29 is 9.59 Å². The van der Waals surface area contributed by atoms with Crippen LogP contribution in [0.4, 0.5) is 0 Å². The summed E-state index contributed by atoms with van der Waals surface area (Å²) in [6.07, 6.45) is 1.94. The third-order valence-electron chi connectivity index (χ3n) is 4.89. The first-order valence-corrected chi connectivity index (χ1v) is 7.97. The van der Waals surface area contributed by atoms with Crippen molar-refractivity contribution in [2.75, 3.05) is 7.05 Å². The summed E-state index contributed by atoms with van der Waals surface area (Å²) in [6.45, 7) is 5.21. The molecule has 4 heteroatoms. The molecule has 1 aliphatic carbocycles. The Morgan fingerprint density at radius 1 is 1.22 bits per heavy atom. The van der Waals surface area contributed by atoms with Gasteiger partial charge in [0, 0.05) is 18.3 Å². The molecule has 0 radical (unpaired) electrons. The summed E-state index contributed by atoms with van der Waals surface area (Å²) in [6, 6.07) is 8.40. The highest BCUT2D eigenvalue weighted by atomic mass is 16.2. The molecule has 0 fully saturated rings. The molecule has 1 aliphatic rings. The second-order valence-electron chi connectivity index (χ2n) is 6.35. The maximum atomic E-state index is 12.9. The molecule has 1 atom stereocenters. The summed E-state index contributed by atoms with van der Waals surface area (Å²) in [5, 5.41) is 0. The zero-order chi connectivity index (χ0) is 16.7. The smallest absolute Gasteiger partial charge is 0.270 e. The summed E-state index contributed by atoms with van der Waals surface area (Å²) < 4.78 is 0. The van der Waals surface area contributed by atoms with E-state index in [9.17, 15) is 9.59 Å². The molecule has 120 valence electrons. The van der Waals surface area contributed by atoms with Gasteiger partial charge in [0.15, 0.2) is 5.78 Å². The maximum Gasteiger partial charge on any atom is 0.270 e. The van der Waals surface area contributed by atoms with Gasteiger partial charge in [0.2, 0.25) is 0 Å². The van der Waals surface area contributed by atoms with Crippen molar-refractivity contribution in [1.29, 1.82) is 0 Å². The quantitative estimate of drug-likeness (QED) is 0.881. The zero-order valence-corrected chi connectivity index (χ0v) is 14.1. The molecule has 1 aromatic carbocycles. The molecule has 0 aliphatic heterocycles. The average molecular weight is 310 g/mol. The average Bonchev–Trinajstić information content (AvgIpc) is 3.06. The van der Waals surface area contributed by atoms with Crippen LogP contribution in [0.15, 0.2) is 24.3 Å². The number of fused-ring (bicyclic) bond motifs is 1. The highest BCUT2D eigenvalue weighted by Gasteiger charge is 2.31. The Hall–Kier alpha value is -2.36. The van der Waals surface area contributed by atoms with Gasteiger partial charge in [0.05, 0.1) is 6.04 Å². The Labute approximate surface area is 136 Å². The maximum absolute atomic E-state index is 12.9. The third-order valence-corrected chi connectivity index (χ3v) is 4.89. The molecular formula is C19H22N2O2. The van der Waals surface area contributed by atoms with E-state index in [1.54, 1.807) is 4.90 Å². The molecule has 23 heavy (non-hydrogen) atoms. The molecular weight excluding hydrogens is 288 g/mol. The van der Waals surface area contributed by atoms with E-state index >= 15 is 0 Å². The minimum Gasteiger partial charge on any atom is -0.354 e. The van der Waals surface area contributed by atoms with Crippen LogP contribution >= 0.6 is 0 Å². The minimum absolute atomic E-state index is 0.0100. The van der Waals surface area contributed by atoms with E-state index in [0.29, 0.717) is 11.3 Å². The van der Waals surface area contributed by atoms with Crippen LogP contribution < -0.4 is 0 Å². The summed E-state index contributed by atoms with van der Waals surface area (Å²) >= 11 is 0. The lowest BCUT2D eigenvalue weighted by Gasteiger charge is -2.25. The van der Waals surface area contributed by atoms with Gasteiger partial charge >= 0.3 is 0 Å². The SMILES string of the molecule is CC(=O)c1c(C)[nH]c(C(=O)N(C)C2CCc3ccccc32)c1C. The number of H-pyrrole nitrogens is 1. The van der Waals surface area contributed by atoms with Crippen LogP contribution in [0, 0.1) is 13.8 Å². The number of carbonyl (C=O) groups is 2. The van der Waals surface area contributed by atoms with Crippen molar-refractivity contribution >= 4 is 11.7 Å². The molecule has 0 saturated carbocycles. The summed E-state index contributed by atoms with van der Waals surface area (Å²) in [7, 11) is 1.85. The van der Waals surface area contributed by atoms with Gasteiger partial charge in [-0.2, -0.15) is 0 Å². The molecule has 1 unspecified atom stereocenters. The lowest BCUT2D eigenvalue weighted by molar-refractivity contribution is 0.0724. The highest BCUT2D eigenvalue weighted by molar-refractivity contribution is 6.02. The van der Waals surface area contributed by atoms with Gasteiger partial charge in [-0.05, 0) is 50.3 Å². The first-order valence-electron chi connectivity index (χ1n) is 7.97. The number of hydrogen-bond acceptors (Lipinski definition) is 2. The Balaban J connectivity index is 1.93. The van der Waals surface area contributed by atoms with E-state index in [1.165, 1.54) is 18.1 Å². The lowest BCUT2D eigenvalue weighted by Crippen LogP contribution is -2.30. The molecule has 1 amide bonds. The van der Waals surface area contributed by atoms with Gasteiger partial charge in [0.1, 0.15) is 5.69 Å². The topological polar surface area (TPSA) is 53.2 Å². The van der Waals surface area contributed by atoms with Gasteiger partial charge in [-0.15, -0.1) is 0 Å². The molecule has 1 aromatic heterocycles. The number of nitrogens with one attached hydrogen (secondary N) is 1. The summed E-state index contributed by atoms with van der Waals surface area (Å²) in [5.74, 6) is -0.0658. The Morgan fingerprint density at radius 3 is 2.57 bits per heavy atom. The Kier molecular flexibility index (Phi) is 3.84. The number of rotatable bonds is 3. The Bertz CT molecular complexity index is 789. The third kappa shape index (κ3) is 2.48. The number of hydrogen-bond donors (Lipinski definition) is 1. The van der Waals surface area contributed by atoms with Crippen LogP contribution in [0.2, 0.25) is 0 Å². The number of nitrogens with zero attached hydrogens (tertiary/aromatic N) is 1. The van der Waals surface area contributed by atoms with Crippen molar-refractivity contribution in [1.82, 2.24) is 9.88 Å². The van der Waals surface area contributed by atoms with Crippen LogP contribution in [-0.2, 0) is 6.42 Å². The molecule has 4 nitrogen and oxygen atoms in total. The standard InChI is InChI=1S/C19H22N2O2/c1-11-17(13(3)22)12(2)20-18(11)19(23)21(4)16-10-9-14-7-5-6-8-15(14)16/h5-8,16,20H,9-10H2,1-4H3. The van der Waals surface area contributed by atoms with Crippen molar-refractivity contribution in [3.8, 4) is 0 Å². The zero-order valence-electron chi connectivity index (χ0n) is 14.1. The molecule has 3 rings (SSSR count). The second-order valence-corrected chi connectivity index (χ2v) is 6.35. The van der Waals surface area contributed by atoms with E-state index in [1.807, 2.05) is 33.0 Å². The number of benzene rings is 1. The summed E-state index contributed by atoms with van der Waals surface area (Å²) in [5.41, 5.74) is 5.22. The Morgan fingerprint density at radius 2 is 1.91 bits per heavy atom. The van der Waals surface area contributed by atoms with Crippen LogP contribution in [0.1, 0.15) is 62.6 Å². The van der Waals surface area contributed by atoms with E-state index in [0.717, 1.165) is 24.1 Å². The fourth-order valence-electron chi connectivity index (χ4n) is 3.75. The van der Waals surface area contributed by atoms with Gasteiger partial charge < -0.3 is 9.88 Å². The van der Waals surface area contributed by atoms with E-state index < -0.39 is 0 Å². The number of aromatic nitrogens is 1. The fraction of sp³-hybridized carbons (Fsp3) is 0.368. The predicted molar refractivity (Wildman–Crippen MR) is 89.9 cm³/mol. The van der Waals surface area contributed by atoms with Crippen molar-refractivity contribution in [2.45, 2.75) is 39.7 Å². The van der Waals surface area contributed by atoms with Crippen LogP contribution in [-0.4, -0.2) is 28.6 Å². The monoisotopic (exact) mass is 310 g/mol. The molecule has 0 spiro atoms. The van der Waals surface area contributed by atoms with Crippen LogP contribution in [0.25, 0.3) is 0 Å². The number of ketones is 1. The van der Waals surface area contributed by atoms with Gasteiger partial charge in [0.25, 0.3) is 5.91 Å². The first kappa shape index (κ1) is 15.5. The van der Waals surface area contributed by atoms with E-state index in [4.69, 9.17) is 0 Å². The van der Waals surface area contributed by atoms with Crippen molar-refractivity contribution in [3.63, 3.8) is 0 Å². The fourth-order valence-corrected chi connectivity index (χ4v) is 3.75. The highest BCUT2D eigenvalue weighted by Crippen LogP contribution is 2.35. The number of Topliss-reactive ketones (excluding diaryl/α,β-unsaturated/α-hetero) is 1. The number of amides is 1. The predicted octanol–water partition coefficient (Wildman–Crippen LogP) is 3.59. The second kappa shape index (κ2) is 5.69. The van der Waals surface area contributed by atoms with Crippen molar-refractivity contribution in [3.05, 3.63) is 57.9 Å². The van der Waals surface area contributed by atoms with Gasteiger partial charge in [-0.3, -0.25) is 9.59 Å². The van der Waals surface area contributed by atoms with E-state index in [2.05, 4.69) is 17.1 Å². The summed E-state index contributed by atoms with van der Waals surface area (Å²) in [4.78, 5) is 29.6. The van der Waals surface area contributed by atoms with E-state index in [-0.39, 0.29) is 17.7 Å². The minimum atomic E-state index is -0.0557. The van der Waals surface area contributed by atoms with Gasteiger partial charge in [-0.25, -0.2) is 0 Å². The number of carbonyl (C=O) groups excluding carboxylic acids is 2. The largest absolute Gasteiger partial charge is 0.354 e. The first-order chi connectivity index (χ1) is 10.9. The molecule has 1 N–H and O–H groups in total. The van der Waals surface area contributed by atoms with Crippen LogP contribution in [0.3, 0.4) is 0 Å². The normalized spacial score (nSPS) is 16.3. The van der Waals surface area contributed by atoms with Crippen LogP contribution in [0.5, 0.6) is 0 Å².